The number of halogens is 5. The van der Waals surface area contributed by atoms with Gasteiger partial charge in [-0.2, -0.15) is 18.3 Å². The van der Waals surface area contributed by atoms with Crippen molar-refractivity contribution in [3.8, 4) is 0 Å². The van der Waals surface area contributed by atoms with Crippen LogP contribution in [0, 0.1) is 0 Å². The van der Waals surface area contributed by atoms with Gasteiger partial charge in [0.2, 0.25) is 5.91 Å². The molecule has 2 amide bonds. The van der Waals surface area contributed by atoms with Crippen molar-refractivity contribution in [2.45, 2.75) is 44.3 Å². The zero-order valence-electron chi connectivity index (χ0n) is 15.9. The van der Waals surface area contributed by atoms with Gasteiger partial charge in [-0.05, 0) is 25.0 Å². The zero-order chi connectivity index (χ0) is 21.6. The summed E-state index contributed by atoms with van der Waals surface area (Å²) in [6.07, 6.45) is 0.508. The molecule has 0 bridgehead atoms. The molecule has 0 atom stereocenters. The number of fused-ring (bicyclic) bond motifs is 1. The predicted molar refractivity (Wildman–Crippen MR) is 105 cm³/mol. The molecule has 1 aliphatic heterocycles. The van der Waals surface area contributed by atoms with Gasteiger partial charge >= 0.3 is 6.18 Å². The first-order valence-corrected chi connectivity index (χ1v) is 10.5. The van der Waals surface area contributed by atoms with Gasteiger partial charge in [-0.15, -0.1) is 0 Å². The monoisotopic (exact) mass is 462 g/mol. The van der Waals surface area contributed by atoms with E-state index in [2.05, 4.69) is 5.10 Å². The Hall–Kier alpha value is -2.00. The van der Waals surface area contributed by atoms with Crippen LogP contribution in [0.15, 0.2) is 12.1 Å². The molecule has 2 aliphatic rings. The highest BCUT2D eigenvalue weighted by molar-refractivity contribution is 6.37. The number of hydrogen-bond donors (Lipinski definition) is 0. The number of pyridine rings is 1. The summed E-state index contributed by atoms with van der Waals surface area (Å²) in [4.78, 5) is 28.7. The van der Waals surface area contributed by atoms with Crippen LogP contribution in [-0.4, -0.2) is 56.9 Å². The molecule has 2 aromatic rings. The number of rotatable bonds is 2. The summed E-state index contributed by atoms with van der Waals surface area (Å²) in [6.45, 7) is 0.518. The summed E-state index contributed by atoms with van der Waals surface area (Å²) in [6, 6.07) is 2.13. The molecule has 11 heteroatoms. The lowest BCUT2D eigenvalue weighted by Gasteiger charge is -2.40. The van der Waals surface area contributed by atoms with E-state index in [4.69, 9.17) is 23.2 Å². The number of alkyl halides is 3. The topological polar surface area (TPSA) is 57.9 Å². The average Bonchev–Trinajstić information content (AvgIpc) is 3.03. The minimum absolute atomic E-state index is 0.119. The largest absolute Gasteiger partial charge is 0.433 e. The van der Waals surface area contributed by atoms with E-state index in [1.807, 2.05) is 4.90 Å². The Kier molecular flexibility index (Phi) is 5.61. The number of nitrogens with zero attached hydrogens (tertiary/aromatic N) is 4. The van der Waals surface area contributed by atoms with Crippen LogP contribution in [0.1, 0.15) is 48.3 Å². The fourth-order valence-corrected chi connectivity index (χ4v) is 4.67. The molecule has 6 nitrogen and oxygen atoms in total. The van der Waals surface area contributed by atoms with Crippen LogP contribution in [0.3, 0.4) is 0 Å². The van der Waals surface area contributed by atoms with Crippen molar-refractivity contribution in [2.75, 3.05) is 19.6 Å². The van der Waals surface area contributed by atoms with Crippen molar-refractivity contribution in [1.29, 1.82) is 0 Å². The summed E-state index contributed by atoms with van der Waals surface area (Å²) >= 11 is 12.0. The van der Waals surface area contributed by atoms with Crippen molar-refractivity contribution in [3.63, 3.8) is 0 Å². The number of hydrogen-bond acceptors (Lipinski definition) is 3. The van der Waals surface area contributed by atoms with Crippen LogP contribution in [-0.2, 0) is 11.0 Å². The van der Waals surface area contributed by atoms with E-state index in [9.17, 15) is 22.8 Å². The molecule has 2 aromatic heterocycles. The van der Waals surface area contributed by atoms with E-state index in [1.165, 1.54) is 17.4 Å². The molecule has 0 N–H and O–H groups in total. The van der Waals surface area contributed by atoms with Gasteiger partial charge in [-0.25, -0.2) is 4.52 Å². The van der Waals surface area contributed by atoms with Gasteiger partial charge in [0.15, 0.2) is 5.69 Å². The second-order valence-electron chi connectivity index (χ2n) is 7.62. The molecule has 3 heterocycles. The number of aromatic nitrogens is 2. The third-order valence-electron chi connectivity index (χ3n) is 5.69. The number of amides is 2. The first-order chi connectivity index (χ1) is 14.2. The highest BCUT2D eigenvalue weighted by atomic mass is 35.5. The molecular weight excluding hydrogens is 444 g/mol. The Labute approximate surface area is 180 Å². The Morgan fingerprint density at radius 2 is 1.80 bits per heavy atom. The van der Waals surface area contributed by atoms with Crippen molar-refractivity contribution >= 4 is 40.5 Å². The Balaban J connectivity index is 1.60. The third-order valence-corrected chi connectivity index (χ3v) is 6.28. The van der Waals surface area contributed by atoms with Gasteiger partial charge in [0.25, 0.3) is 5.91 Å². The summed E-state index contributed by atoms with van der Waals surface area (Å²) < 4.78 is 40.6. The van der Waals surface area contributed by atoms with E-state index in [0.717, 1.165) is 31.7 Å². The quantitative estimate of drug-likeness (QED) is 0.669. The van der Waals surface area contributed by atoms with E-state index in [-0.39, 0.29) is 46.3 Å². The van der Waals surface area contributed by atoms with Crippen LogP contribution in [0.2, 0.25) is 10.0 Å². The summed E-state index contributed by atoms with van der Waals surface area (Å²) in [7, 11) is 0. The van der Waals surface area contributed by atoms with Crippen LogP contribution >= 0.6 is 23.2 Å². The lowest BCUT2D eigenvalue weighted by Crippen LogP contribution is -2.55. The molecule has 0 aromatic carbocycles. The van der Waals surface area contributed by atoms with E-state index >= 15 is 0 Å². The van der Waals surface area contributed by atoms with Crippen LogP contribution < -0.4 is 0 Å². The van der Waals surface area contributed by atoms with Crippen LogP contribution in [0.25, 0.3) is 5.52 Å². The van der Waals surface area contributed by atoms with Crippen molar-refractivity contribution in [3.05, 3.63) is 33.6 Å². The third kappa shape index (κ3) is 3.85. The molecule has 1 aliphatic carbocycles. The second kappa shape index (κ2) is 7.92. The Bertz CT molecular complexity index is 1000. The van der Waals surface area contributed by atoms with Crippen LogP contribution in [0.4, 0.5) is 13.2 Å². The average molecular weight is 463 g/mol. The van der Waals surface area contributed by atoms with Crippen molar-refractivity contribution in [1.82, 2.24) is 19.4 Å². The lowest BCUT2D eigenvalue weighted by molar-refractivity contribution is -0.142. The first-order valence-electron chi connectivity index (χ1n) is 9.70. The fraction of sp³-hybridized carbons (Fsp3) is 0.526. The Morgan fingerprint density at radius 1 is 1.10 bits per heavy atom. The Morgan fingerprint density at radius 3 is 2.43 bits per heavy atom. The van der Waals surface area contributed by atoms with Gasteiger partial charge in [0, 0.05) is 24.2 Å². The van der Waals surface area contributed by atoms with Gasteiger partial charge in [-0.1, -0.05) is 42.5 Å². The van der Waals surface area contributed by atoms with Gasteiger partial charge in [0.1, 0.15) is 12.2 Å². The minimum atomic E-state index is -4.74. The second-order valence-corrected chi connectivity index (χ2v) is 8.44. The standard InChI is InChI=1S/C19H19Cl2F3N4O2/c20-11-8-13-16(21)17(25-28(13)14(9-11)19(22,23)24)18(30)26-6-7-27(15(29)10-26)12-4-2-1-3-5-12/h8-9,12H,1-7,10H2. The fourth-order valence-electron chi connectivity index (χ4n) is 4.21. The number of carbonyl (C=O) groups is 2. The summed E-state index contributed by atoms with van der Waals surface area (Å²) in [5.41, 5.74) is -1.58. The molecule has 0 radical (unpaired) electrons. The normalized spacial score (nSPS) is 19.0. The molecule has 4 rings (SSSR count). The molecule has 2 fully saturated rings. The molecule has 162 valence electrons. The van der Waals surface area contributed by atoms with Gasteiger partial charge < -0.3 is 9.80 Å². The molecular formula is C19H19Cl2F3N4O2. The van der Waals surface area contributed by atoms with Crippen molar-refractivity contribution in [2.24, 2.45) is 0 Å². The number of piperazine rings is 1. The SMILES string of the molecule is O=C(c1nn2c(C(F)(F)F)cc(Cl)cc2c1Cl)N1CCN(C2CCCCC2)C(=O)C1. The maximum absolute atomic E-state index is 13.4. The lowest BCUT2D eigenvalue weighted by atomic mass is 9.93. The van der Waals surface area contributed by atoms with E-state index < -0.39 is 17.8 Å². The van der Waals surface area contributed by atoms with Gasteiger partial charge in [-0.3, -0.25) is 9.59 Å². The number of carbonyl (C=O) groups excluding carboxylic acids is 2. The first kappa shape index (κ1) is 21.2. The smallest absolute Gasteiger partial charge is 0.336 e. The molecule has 1 saturated carbocycles. The zero-order valence-corrected chi connectivity index (χ0v) is 17.4. The molecule has 0 spiro atoms. The van der Waals surface area contributed by atoms with Crippen molar-refractivity contribution < 1.29 is 22.8 Å². The molecule has 30 heavy (non-hydrogen) atoms. The van der Waals surface area contributed by atoms with E-state index in [1.54, 1.807) is 0 Å². The summed E-state index contributed by atoms with van der Waals surface area (Å²) in [5, 5.41) is 3.42. The van der Waals surface area contributed by atoms with Gasteiger partial charge in [0.05, 0.1) is 10.5 Å². The molecule has 0 unspecified atom stereocenters. The highest BCUT2D eigenvalue weighted by Crippen LogP contribution is 2.35. The highest BCUT2D eigenvalue weighted by Gasteiger charge is 2.37. The maximum atomic E-state index is 13.4. The van der Waals surface area contributed by atoms with E-state index in [0.29, 0.717) is 11.1 Å². The van der Waals surface area contributed by atoms with Crippen LogP contribution in [0.5, 0.6) is 0 Å². The summed E-state index contributed by atoms with van der Waals surface area (Å²) in [5.74, 6) is -0.843. The molecule has 1 saturated heterocycles. The predicted octanol–water partition coefficient (Wildman–Crippen LogP) is 4.28. The maximum Gasteiger partial charge on any atom is 0.433 e. The minimum Gasteiger partial charge on any atom is -0.336 e.